The minimum atomic E-state index is -2.54. The number of halogens is 1. The second kappa shape index (κ2) is 6.35. The number of aliphatic hydroxyl groups is 1. The quantitative estimate of drug-likeness (QED) is 0.709. The molecule has 2 N–H and O–H groups in total. The molecule has 5 nitrogen and oxygen atoms in total. The van der Waals surface area contributed by atoms with E-state index in [4.69, 9.17) is 13.6 Å². The summed E-state index contributed by atoms with van der Waals surface area (Å²) in [7, 11) is 1.65. The highest BCUT2D eigenvalue weighted by Crippen LogP contribution is 2.77. The number of aromatic hydroxyl groups is 1. The normalized spacial score (nSPS) is 46.7. The number of phenols is 1. The highest BCUT2D eigenvalue weighted by atomic mass is 35.5. The monoisotopic (exact) mass is 464 g/mol. The van der Waals surface area contributed by atoms with Crippen LogP contribution in [0.3, 0.4) is 0 Å². The van der Waals surface area contributed by atoms with E-state index in [1.54, 1.807) is 13.2 Å². The number of methoxy groups -OCH3 is 1. The van der Waals surface area contributed by atoms with Crippen LogP contribution in [0.15, 0.2) is 12.1 Å². The standard InChI is InChI=1S/C26H35NO4.ClH/c1-23(2,29)18-13-24-8-9-26(18,30-3)22-25(24)10-11-27(14-15-4-5-15)19(24)12-16-6-7-17(28)21(31-22)20(16)25;/h6-7,15,18-19,22,28-29H,4-5,8-14H2,1-3H3;1H/t18-,19-,22-,24-,25+,26-;/m1./s1/i1D3;/t18-,19-,22-,23?,24-,25+,26-;. The Kier molecular flexibility index (Phi) is 3.64. The van der Waals surface area contributed by atoms with Gasteiger partial charge in [0.15, 0.2) is 11.5 Å². The molecule has 32 heavy (non-hydrogen) atoms. The number of benzene rings is 1. The summed E-state index contributed by atoms with van der Waals surface area (Å²) in [5, 5.41) is 22.5. The lowest BCUT2D eigenvalue weighted by molar-refractivity contribution is -0.300. The van der Waals surface area contributed by atoms with Crippen LogP contribution in [0.1, 0.15) is 67.5 Å². The fourth-order valence-corrected chi connectivity index (χ4v) is 9.06. The van der Waals surface area contributed by atoms with E-state index in [9.17, 15) is 10.2 Å². The Morgan fingerprint density at radius 1 is 1.31 bits per heavy atom. The molecule has 0 radical (unpaired) electrons. The van der Waals surface area contributed by atoms with Gasteiger partial charge in [0.05, 0.1) is 5.60 Å². The van der Waals surface area contributed by atoms with Crippen molar-refractivity contribution in [3.63, 3.8) is 0 Å². The van der Waals surface area contributed by atoms with Crippen molar-refractivity contribution >= 4 is 12.4 Å². The van der Waals surface area contributed by atoms with Gasteiger partial charge < -0.3 is 19.7 Å². The summed E-state index contributed by atoms with van der Waals surface area (Å²) < 4.78 is 37.7. The van der Waals surface area contributed by atoms with Crippen molar-refractivity contribution < 1.29 is 23.8 Å². The molecule has 7 atom stereocenters. The lowest BCUT2D eigenvalue weighted by Crippen LogP contribution is -2.82. The summed E-state index contributed by atoms with van der Waals surface area (Å²) in [4.78, 5) is 2.68. The Hall–Kier alpha value is -1.01. The van der Waals surface area contributed by atoms with Crippen molar-refractivity contribution in [1.29, 1.82) is 0 Å². The van der Waals surface area contributed by atoms with Gasteiger partial charge in [-0.3, -0.25) is 4.90 Å². The van der Waals surface area contributed by atoms with Crippen LogP contribution >= 0.6 is 12.4 Å². The third kappa shape index (κ3) is 2.23. The fraction of sp³-hybridized carbons (Fsp3) is 0.769. The molecule has 6 heteroatoms. The van der Waals surface area contributed by atoms with E-state index >= 15 is 0 Å². The second-order valence-corrected chi connectivity index (χ2v) is 11.5. The number of piperidine rings is 1. The van der Waals surface area contributed by atoms with Crippen molar-refractivity contribution in [1.82, 2.24) is 4.90 Å². The van der Waals surface area contributed by atoms with Crippen LogP contribution in [-0.4, -0.2) is 58.7 Å². The molecule has 5 aliphatic carbocycles. The Bertz CT molecular complexity index is 1080. The summed E-state index contributed by atoms with van der Waals surface area (Å²) in [5.74, 6) is 0.898. The van der Waals surface area contributed by atoms with E-state index < -0.39 is 30.1 Å². The van der Waals surface area contributed by atoms with Crippen molar-refractivity contribution in [3.8, 4) is 11.5 Å². The molecule has 5 fully saturated rings. The molecule has 2 spiro atoms. The van der Waals surface area contributed by atoms with Gasteiger partial charge in [-0.25, -0.2) is 0 Å². The molecule has 8 rings (SSSR count). The van der Waals surface area contributed by atoms with E-state index in [-0.39, 0.29) is 35.0 Å². The second-order valence-electron chi connectivity index (χ2n) is 11.5. The highest BCUT2D eigenvalue weighted by Gasteiger charge is 2.81. The summed E-state index contributed by atoms with van der Waals surface area (Å²) in [6.45, 7) is 1.02. The first kappa shape index (κ1) is 18.3. The average molecular weight is 465 g/mol. The number of fused-ring (bicyclic) bond motifs is 2. The SMILES string of the molecule is Cl.[2H]C([2H])([2H])C(C)(O)[C@H]1C[C@@]23CC[C@]1(OC)[C@@H]1Oc4c(O)ccc5c4[C@@]12CCN(CC1CC1)[C@@H]3C5. The van der Waals surface area contributed by atoms with Crippen molar-refractivity contribution in [2.45, 2.75) is 87.5 Å². The van der Waals surface area contributed by atoms with Gasteiger partial charge in [0, 0.05) is 46.1 Å². The third-order valence-corrected chi connectivity index (χ3v) is 10.3. The number of hydrogen-bond acceptors (Lipinski definition) is 5. The number of rotatable bonds is 4. The average Bonchev–Trinajstić information content (AvgIpc) is 3.53. The molecule has 1 aromatic carbocycles. The maximum Gasteiger partial charge on any atom is 0.165 e. The number of nitrogens with zero attached hydrogens (tertiary/aromatic N) is 1. The first-order valence-electron chi connectivity index (χ1n) is 13.6. The lowest BCUT2D eigenvalue weighted by atomic mass is 9.34. The predicted molar refractivity (Wildman–Crippen MR) is 124 cm³/mol. The van der Waals surface area contributed by atoms with Crippen LogP contribution in [0, 0.1) is 17.3 Å². The molecule has 1 aromatic rings. The zero-order valence-electron chi connectivity index (χ0n) is 21.9. The van der Waals surface area contributed by atoms with Crippen molar-refractivity contribution in [2.24, 2.45) is 17.3 Å². The summed E-state index contributed by atoms with van der Waals surface area (Å²) in [5.41, 5.74) is -0.972. The van der Waals surface area contributed by atoms with Gasteiger partial charge in [-0.15, -0.1) is 12.4 Å². The van der Waals surface area contributed by atoms with Crippen molar-refractivity contribution in [3.05, 3.63) is 23.3 Å². The van der Waals surface area contributed by atoms with Crippen LogP contribution in [-0.2, 0) is 16.6 Å². The van der Waals surface area contributed by atoms with Gasteiger partial charge >= 0.3 is 0 Å². The van der Waals surface area contributed by atoms with Gasteiger partial charge in [-0.05, 0) is 82.8 Å². The summed E-state index contributed by atoms with van der Waals surface area (Å²) in [6.07, 6.45) is 6.16. The third-order valence-electron chi connectivity index (χ3n) is 10.3. The molecule has 4 bridgehead atoms. The Morgan fingerprint density at radius 3 is 2.84 bits per heavy atom. The Balaban J connectivity index is 0.00000229. The molecule has 2 heterocycles. The molecule has 4 saturated carbocycles. The van der Waals surface area contributed by atoms with Gasteiger partial charge in [-0.2, -0.15) is 0 Å². The summed E-state index contributed by atoms with van der Waals surface area (Å²) in [6, 6.07) is 4.10. The molecule has 0 aromatic heterocycles. The van der Waals surface area contributed by atoms with Crippen LogP contribution in [0.25, 0.3) is 0 Å². The van der Waals surface area contributed by atoms with Crippen LogP contribution in [0.2, 0.25) is 0 Å². The van der Waals surface area contributed by atoms with Crippen LogP contribution < -0.4 is 4.74 Å². The van der Waals surface area contributed by atoms with E-state index in [2.05, 4.69) is 11.0 Å². The zero-order valence-corrected chi connectivity index (χ0v) is 19.7. The molecule has 2 aliphatic heterocycles. The number of phenolic OH excluding ortho intramolecular Hbond substituents is 1. The van der Waals surface area contributed by atoms with Crippen LogP contribution in [0.5, 0.6) is 11.5 Å². The maximum absolute atomic E-state index is 11.6. The van der Waals surface area contributed by atoms with Gasteiger partial charge in [-0.1, -0.05) is 6.07 Å². The molecular formula is C26H36ClNO4. The Morgan fingerprint density at radius 2 is 2.12 bits per heavy atom. The van der Waals surface area contributed by atoms with Gasteiger partial charge in [0.25, 0.3) is 0 Å². The smallest absolute Gasteiger partial charge is 0.165 e. The van der Waals surface area contributed by atoms with E-state index in [1.807, 2.05) is 0 Å². The fourth-order valence-electron chi connectivity index (χ4n) is 9.06. The van der Waals surface area contributed by atoms with Gasteiger partial charge in [0.1, 0.15) is 11.7 Å². The predicted octanol–water partition coefficient (Wildman–Crippen LogP) is 3.81. The molecule has 0 amide bonds. The molecule has 1 unspecified atom stereocenters. The first-order chi connectivity index (χ1) is 16.0. The topological polar surface area (TPSA) is 62.2 Å². The largest absolute Gasteiger partial charge is 0.504 e. The highest BCUT2D eigenvalue weighted by molar-refractivity contribution is 5.85. The van der Waals surface area contributed by atoms with E-state index in [0.29, 0.717) is 18.6 Å². The zero-order chi connectivity index (χ0) is 23.9. The molecule has 176 valence electrons. The lowest BCUT2D eigenvalue weighted by Gasteiger charge is -2.75. The molecule has 7 aliphatic rings. The van der Waals surface area contributed by atoms with Gasteiger partial charge in [0.2, 0.25) is 0 Å². The maximum atomic E-state index is 11.6. The van der Waals surface area contributed by atoms with E-state index in [0.717, 1.165) is 43.8 Å². The first-order valence-corrected chi connectivity index (χ1v) is 12.1. The minimum Gasteiger partial charge on any atom is -0.504 e. The van der Waals surface area contributed by atoms with Crippen LogP contribution in [0.4, 0.5) is 0 Å². The number of hydrogen-bond donors (Lipinski definition) is 2. The number of ether oxygens (including phenoxy) is 2. The molecule has 1 saturated heterocycles. The van der Waals surface area contributed by atoms with Crippen molar-refractivity contribution in [2.75, 3.05) is 20.2 Å². The van der Waals surface area contributed by atoms with E-state index in [1.165, 1.54) is 25.3 Å². The summed E-state index contributed by atoms with van der Waals surface area (Å²) >= 11 is 0. The molecular weight excluding hydrogens is 426 g/mol. The number of likely N-dealkylation sites (tertiary alicyclic amines) is 1. The minimum absolute atomic E-state index is 0. The Labute approximate surface area is 201 Å².